The number of nitrogens with zero attached hydrogens (tertiary/aromatic N) is 3. The Morgan fingerprint density at radius 3 is 2.43 bits per heavy atom. The molecule has 3 rings (SSSR count). The number of anilines is 1. The average Bonchev–Trinajstić information content (AvgIpc) is 2.75. The molecule has 8 nitrogen and oxygen atoms in total. The monoisotopic (exact) mass is 555 g/mol. The molecule has 2 aromatic rings. The minimum absolute atomic E-state index is 0.00338. The molecule has 1 aromatic carbocycles. The van der Waals surface area contributed by atoms with Crippen LogP contribution >= 0.6 is 23.2 Å². The van der Waals surface area contributed by atoms with Crippen molar-refractivity contribution in [2.45, 2.75) is 37.1 Å². The number of aromatic nitrogens is 1. The van der Waals surface area contributed by atoms with Crippen molar-refractivity contribution in [3.63, 3.8) is 0 Å². The van der Waals surface area contributed by atoms with Crippen LogP contribution in [-0.2, 0) is 25.7 Å². The zero-order valence-electron chi connectivity index (χ0n) is 18.8. The second kappa shape index (κ2) is 10.5. The Kier molecular flexibility index (Phi) is 8.22. The fourth-order valence-electron chi connectivity index (χ4n) is 3.67. The molecule has 0 aliphatic carbocycles. The molecule has 14 heteroatoms. The van der Waals surface area contributed by atoms with Gasteiger partial charge in [-0.05, 0) is 38.1 Å². The van der Waals surface area contributed by atoms with Crippen molar-refractivity contribution < 1.29 is 35.9 Å². The van der Waals surface area contributed by atoms with E-state index in [2.05, 4.69) is 4.98 Å². The second-order valence-electron chi connectivity index (χ2n) is 7.90. The molecular formula is C21H22Cl2F3N3O5S. The number of carbonyl (C=O) groups excluding carboxylic acids is 1. The molecule has 0 bridgehead atoms. The normalized spacial score (nSPS) is 19.0. The van der Waals surface area contributed by atoms with Crippen molar-refractivity contribution in [3.05, 3.63) is 51.8 Å². The number of amides is 1. The number of pyridine rings is 1. The Morgan fingerprint density at radius 1 is 1.23 bits per heavy atom. The summed E-state index contributed by atoms with van der Waals surface area (Å²) in [5, 5.41) is -0.658. The minimum Gasteiger partial charge on any atom is -0.372 e. The van der Waals surface area contributed by atoms with Gasteiger partial charge in [0.2, 0.25) is 0 Å². The molecule has 2 atom stereocenters. The van der Waals surface area contributed by atoms with E-state index in [1.165, 1.54) is 24.3 Å². The van der Waals surface area contributed by atoms with Gasteiger partial charge in [0.25, 0.3) is 15.9 Å². The van der Waals surface area contributed by atoms with Gasteiger partial charge in [0.05, 0.1) is 38.4 Å². The van der Waals surface area contributed by atoms with Crippen LogP contribution in [0.15, 0.2) is 35.4 Å². The smallest absolute Gasteiger partial charge is 0.372 e. The lowest BCUT2D eigenvalue weighted by molar-refractivity contribution is -0.137. The second-order valence-corrected chi connectivity index (χ2v) is 10.6. The molecule has 1 saturated heterocycles. The van der Waals surface area contributed by atoms with Gasteiger partial charge in [0, 0.05) is 26.4 Å². The molecule has 2 heterocycles. The lowest BCUT2D eigenvalue weighted by Crippen LogP contribution is -2.48. The number of sulfonamides is 1. The van der Waals surface area contributed by atoms with Crippen molar-refractivity contribution in [1.29, 1.82) is 0 Å². The van der Waals surface area contributed by atoms with Gasteiger partial charge in [-0.15, -0.1) is 0 Å². The Labute approximate surface area is 210 Å². The highest BCUT2D eigenvalue weighted by atomic mass is 35.5. The summed E-state index contributed by atoms with van der Waals surface area (Å²) < 4.78 is 78.4. The summed E-state index contributed by atoms with van der Waals surface area (Å²) in [6.45, 7) is 3.40. The van der Waals surface area contributed by atoms with Gasteiger partial charge in [0.1, 0.15) is 6.73 Å². The van der Waals surface area contributed by atoms with Gasteiger partial charge < -0.3 is 14.4 Å². The summed E-state index contributed by atoms with van der Waals surface area (Å²) in [5.41, 5.74) is -1.84. The highest BCUT2D eigenvalue weighted by molar-refractivity contribution is 7.92. The first-order chi connectivity index (χ1) is 16.3. The van der Waals surface area contributed by atoms with Gasteiger partial charge in [-0.25, -0.2) is 17.7 Å². The first-order valence-corrected chi connectivity index (χ1v) is 12.4. The molecule has 0 radical (unpaired) electrons. The highest BCUT2D eigenvalue weighted by Gasteiger charge is 2.37. The van der Waals surface area contributed by atoms with Crippen LogP contribution in [0.3, 0.4) is 0 Å². The molecule has 1 aromatic heterocycles. The number of alkyl halides is 3. The van der Waals surface area contributed by atoms with Crippen LogP contribution in [0.1, 0.15) is 29.9 Å². The predicted molar refractivity (Wildman–Crippen MR) is 123 cm³/mol. The van der Waals surface area contributed by atoms with E-state index < -0.39 is 44.3 Å². The molecule has 0 saturated carbocycles. The highest BCUT2D eigenvalue weighted by Crippen LogP contribution is 2.37. The quantitative estimate of drug-likeness (QED) is 0.489. The van der Waals surface area contributed by atoms with Gasteiger partial charge in [-0.1, -0.05) is 23.2 Å². The van der Waals surface area contributed by atoms with Crippen LogP contribution in [0, 0.1) is 0 Å². The third-order valence-electron chi connectivity index (χ3n) is 5.09. The number of halogens is 5. The van der Waals surface area contributed by atoms with Gasteiger partial charge >= 0.3 is 6.18 Å². The lowest BCUT2D eigenvalue weighted by Gasteiger charge is -2.35. The molecule has 1 amide bonds. The zero-order chi connectivity index (χ0) is 26.1. The fourth-order valence-corrected chi connectivity index (χ4v) is 5.45. The molecule has 1 aliphatic rings. The SMILES string of the molecule is COCN(c1cc(Cl)cnc1C(=O)N1CC(C)OC(C)C1)S(=O)(=O)c1ccc(Cl)c(C(F)(F)F)c1. The van der Waals surface area contributed by atoms with Crippen LogP contribution in [-0.4, -0.2) is 63.3 Å². The number of morpholine rings is 1. The van der Waals surface area contributed by atoms with Crippen LogP contribution in [0.2, 0.25) is 10.0 Å². The first-order valence-electron chi connectivity index (χ1n) is 10.2. The number of ether oxygens (including phenoxy) is 2. The Balaban J connectivity index is 2.13. The van der Waals surface area contributed by atoms with Crippen molar-refractivity contribution in [1.82, 2.24) is 9.88 Å². The molecule has 0 N–H and O–H groups in total. The van der Waals surface area contributed by atoms with Crippen LogP contribution in [0.4, 0.5) is 18.9 Å². The molecule has 2 unspecified atom stereocenters. The molecule has 192 valence electrons. The van der Waals surface area contributed by atoms with Crippen LogP contribution in [0.5, 0.6) is 0 Å². The predicted octanol–water partition coefficient (Wildman–Crippen LogP) is 4.46. The van der Waals surface area contributed by atoms with E-state index in [9.17, 15) is 26.4 Å². The summed E-state index contributed by atoms with van der Waals surface area (Å²) in [5.74, 6) is -0.595. The van der Waals surface area contributed by atoms with Crippen molar-refractivity contribution >= 4 is 44.8 Å². The number of hydrogen-bond acceptors (Lipinski definition) is 6. The van der Waals surface area contributed by atoms with Crippen molar-refractivity contribution in [2.75, 3.05) is 31.2 Å². The maximum absolute atomic E-state index is 13.5. The van der Waals surface area contributed by atoms with Crippen LogP contribution in [0.25, 0.3) is 0 Å². The number of benzene rings is 1. The number of hydrogen-bond donors (Lipinski definition) is 0. The summed E-state index contributed by atoms with van der Waals surface area (Å²) in [6.07, 6.45) is -4.26. The van der Waals surface area contributed by atoms with Gasteiger partial charge in [0.15, 0.2) is 5.69 Å². The topological polar surface area (TPSA) is 89.0 Å². The Hall–Kier alpha value is -2.12. The summed E-state index contributed by atoms with van der Waals surface area (Å²) >= 11 is 11.7. The molecular weight excluding hydrogens is 534 g/mol. The lowest BCUT2D eigenvalue weighted by atomic mass is 10.2. The maximum Gasteiger partial charge on any atom is 0.417 e. The minimum atomic E-state index is -4.89. The molecule has 35 heavy (non-hydrogen) atoms. The zero-order valence-corrected chi connectivity index (χ0v) is 21.2. The van der Waals surface area contributed by atoms with E-state index in [0.29, 0.717) is 10.4 Å². The number of methoxy groups -OCH3 is 1. The molecule has 1 fully saturated rings. The Morgan fingerprint density at radius 2 is 1.86 bits per heavy atom. The van der Waals surface area contributed by atoms with E-state index in [4.69, 9.17) is 32.7 Å². The molecule has 1 aliphatic heterocycles. The van der Waals surface area contributed by atoms with Gasteiger partial charge in [-0.2, -0.15) is 13.2 Å². The van der Waals surface area contributed by atoms with E-state index in [0.717, 1.165) is 12.1 Å². The van der Waals surface area contributed by atoms with Gasteiger partial charge in [-0.3, -0.25) is 4.79 Å². The average molecular weight is 556 g/mol. The van der Waals surface area contributed by atoms with E-state index in [-0.39, 0.29) is 41.7 Å². The third kappa shape index (κ3) is 6.00. The van der Waals surface area contributed by atoms with E-state index >= 15 is 0 Å². The van der Waals surface area contributed by atoms with Crippen molar-refractivity contribution in [2.24, 2.45) is 0 Å². The summed E-state index contributed by atoms with van der Waals surface area (Å²) in [6, 6.07) is 3.37. The van der Waals surface area contributed by atoms with Crippen molar-refractivity contribution in [3.8, 4) is 0 Å². The largest absolute Gasteiger partial charge is 0.417 e. The summed E-state index contributed by atoms with van der Waals surface area (Å²) in [4.78, 5) is 18.2. The maximum atomic E-state index is 13.5. The van der Waals surface area contributed by atoms with E-state index in [1.807, 2.05) is 0 Å². The third-order valence-corrected chi connectivity index (χ3v) is 7.36. The van der Waals surface area contributed by atoms with Crippen LogP contribution < -0.4 is 4.31 Å². The number of carbonyl (C=O) groups is 1. The standard InChI is InChI=1S/C21H22Cl2F3N3O5S/c1-12-9-28(10-13(2)34-12)20(30)19-18(6-14(22)8-27-19)29(11-33-3)35(31,32)15-4-5-17(23)16(7-15)21(24,25)26/h4-8,12-13H,9-11H2,1-3H3. The number of rotatable bonds is 6. The Bertz CT molecular complexity index is 1200. The summed E-state index contributed by atoms with van der Waals surface area (Å²) in [7, 11) is -3.49. The molecule has 0 spiro atoms. The first kappa shape index (κ1) is 27.5. The van der Waals surface area contributed by atoms with E-state index in [1.54, 1.807) is 13.8 Å². The fraction of sp³-hybridized carbons (Fsp3) is 0.429.